The summed E-state index contributed by atoms with van der Waals surface area (Å²) in [6, 6.07) is 7.73. The van der Waals surface area contributed by atoms with Gasteiger partial charge in [0, 0.05) is 10.9 Å². The third-order valence-electron chi connectivity index (χ3n) is 2.43. The van der Waals surface area contributed by atoms with Gasteiger partial charge in [-0.1, -0.05) is 18.5 Å². The van der Waals surface area contributed by atoms with Gasteiger partial charge in [0.05, 0.1) is 18.0 Å². The lowest BCUT2D eigenvalue weighted by Crippen LogP contribution is -1.95. The van der Waals surface area contributed by atoms with Crippen LogP contribution in [0.2, 0.25) is 5.15 Å². The first-order chi connectivity index (χ1) is 8.24. The Bertz CT molecular complexity index is 528. The van der Waals surface area contributed by atoms with Gasteiger partial charge in [0.1, 0.15) is 10.9 Å². The second kappa shape index (κ2) is 5.56. The van der Waals surface area contributed by atoms with Crippen LogP contribution in [-0.4, -0.2) is 11.6 Å². The molecule has 2 nitrogen and oxygen atoms in total. The van der Waals surface area contributed by atoms with Gasteiger partial charge in [-0.15, -0.1) is 11.6 Å². The topological polar surface area (TPSA) is 22.1 Å². The Balaban J connectivity index is 2.41. The highest BCUT2D eigenvalue weighted by Gasteiger charge is 2.05. The van der Waals surface area contributed by atoms with Gasteiger partial charge in [-0.05, 0) is 30.7 Å². The molecule has 2 aromatic rings. The van der Waals surface area contributed by atoms with Crippen LogP contribution >= 0.6 is 23.2 Å². The molecule has 0 atom stereocenters. The molecule has 1 aromatic heterocycles. The van der Waals surface area contributed by atoms with Crippen molar-refractivity contribution in [2.75, 3.05) is 6.61 Å². The summed E-state index contributed by atoms with van der Waals surface area (Å²) < 4.78 is 5.57. The van der Waals surface area contributed by atoms with Crippen molar-refractivity contribution in [1.82, 2.24) is 4.98 Å². The first kappa shape index (κ1) is 12.5. The van der Waals surface area contributed by atoms with Crippen molar-refractivity contribution in [1.29, 1.82) is 0 Å². The second-order valence-corrected chi connectivity index (χ2v) is 4.40. The minimum Gasteiger partial charge on any atom is -0.494 e. The number of aromatic nitrogens is 1. The summed E-state index contributed by atoms with van der Waals surface area (Å²) in [4.78, 5) is 4.29. The van der Waals surface area contributed by atoms with E-state index in [4.69, 9.17) is 27.9 Å². The Morgan fingerprint density at radius 2 is 2.12 bits per heavy atom. The molecule has 0 radical (unpaired) electrons. The lowest BCUT2D eigenvalue weighted by molar-refractivity contribution is 0.318. The number of hydrogen-bond donors (Lipinski definition) is 0. The lowest BCUT2D eigenvalue weighted by atomic mass is 10.1. The van der Waals surface area contributed by atoms with E-state index in [-0.39, 0.29) is 0 Å². The molecule has 0 spiro atoms. The van der Waals surface area contributed by atoms with E-state index < -0.39 is 0 Å². The predicted molar refractivity (Wildman–Crippen MR) is 72.1 cm³/mol. The number of pyridine rings is 1. The molecule has 0 amide bonds. The smallest absolute Gasteiger partial charge is 0.134 e. The zero-order chi connectivity index (χ0) is 12.3. The highest BCUT2D eigenvalue weighted by molar-refractivity contribution is 6.31. The maximum Gasteiger partial charge on any atom is 0.134 e. The molecule has 0 unspecified atom stereocenters. The summed E-state index contributed by atoms with van der Waals surface area (Å²) in [6.45, 7) is 2.79. The van der Waals surface area contributed by atoms with Crippen molar-refractivity contribution < 1.29 is 4.74 Å². The van der Waals surface area contributed by atoms with E-state index in [2.05, 4.69) is 11.9 Å². The first-order valence-electron chi connectivity index (χ1n) is 5.52. The highest BCUT2D eigenvalue weighted by Crippen LogP contribution is 2.25. The maximum atomic E-state index is 6.00. The molecule has 90 valence electrons. The summed E-state index contributed by atoms with van der Waals surface area (Å²) in [7, 11) is 0. The zero-order valence-corrected chi connectivity index (χ0v) is 11.1. The Hall–Kier alpha value is -0.990. The van der Waals surface area contributed by atoms with Crippen LogP contribution in [-0.2, 0) is 5.88 Å². The van der Waals surface area contributed by atoms with E-state index in [0.29, 0.717) is 11.0 Å². The molecule has 0 aliphatic heterocycles. The molecule has 0 bridgehead atoms. The molecule has 1 aromatic carbocycles. The number of hydrogen-bond acceptors (Lipinski definition) is 2. The largest absolute Gasteiger partial charge is 0.494 e. The number of rotatable bonds is 4. The van der Waals surface area contributed by atoms with E-state index in [9.17, 15) is 0 Å². The summed E-state index contributed by atoms with van der Waals surface area (Å²) >= 11 is 11.8. The van der Waals surface area contributed by atoms with Crippen LogP contribution in [0, 0.1) is 0 Å². The fourth-order valence-corrected chi connectivity index (χ4v) is 2.06. The zero-order valence-electron chi connectivity index (χ0n) is 9.54. The highest BCUT2D eigenvalue weighted by atomic mass is 35.5. The molecular weight excluding hydrogens is 257 g/mol. The molecule has 0 aliphatic carbocycles. The number of ether oxygens (including phenoxy) is 1. The van der Waals surface area contributed by atoms with Crippen LogP contribution in [0.4, 0.5) is 0 Å². The van der Waals surface area contributed by atoms with E-state index in [1.54, 1.807) is 0 Å². The molecule has 1 heterocycles. The Morgan fingerprint density at radius 1 is 1.29 bits per heavy atom. The van der Waals surface area contributed by atoms with Crippen molar-refractivity contribution in [2.45, 2.75) is 19.2 Å². The number of fused-ring (bicyclic) bond motifs is 1. The Kier molecular flexibility index (Phi) is 4.08. The summed E-state index contributed by atoms with van der Waals surface area (Å²) in [5.41, 5.74) is 1.70. The maximum absolute atomic E-state index is 6.00. The molecule has 2 rings (SSSR count). The van der Waals surface area contributed by atoms with Gasteiger partial charge in [-0.3, -0.25) is 0 Å². The Morgan fingerprint density at radius 3 is 2.82 bits per heavy atom. The lowest BCUT2D eigenvalue weighted by Gasteiger charge is -2.07. The van der Waals surface area contributed by atoms with Gasteiger partial charge < -0.3 is 4.74 Å². The van der Waals surface area contributed by atoms with Gasteiger partial charge in [0.15, 0.2) is 0 Å². The van der Waals surface area contributed by atoms with Crippen molar-refractivity contribution >= 4 is 34.1 Å². The number of nitrogens with zero attached hydrogens (tertiary/aromatic N) is 1. The van der Waals surface area contributed by atoms with E-state index >= 15 is 0 Å². The first-order valence-corrected chi connectivity index (χ1v) is 6.43. The number of halogens is 2. The van der Waals surface area contributed by atoms with Crippen molar-refractivity contribution in [2.24, 2.45) is 0 Å². The minimum absolute atomic E-state index is 0.363. The molecule has 0 saturated heterocycles. The summed E-state index contributed by atoms with van der Waals surface area (Å²) in [6.07, 6.45) is 0.990. The van der Waals surface area contributed by atoms with Crippen LogP contribution in [0.15, 0.2) is 24.3 Å². The van der Waals surface area contributed by atoms with Crippen LogP contribution in [0.3, 0.4) is 0 Å². The fraction of sp³-hybridized carbons (Fsp3) is 0.308. The van der Waals surface area contributed by atoms with E-state index in [1.807, 2.05) is 24.3 Å². The molecule has 0 saturated carbocycles. The average Bonchev–Trinajstić information content (AvgIpc) is 2.35. The molecule has 0 aliphatic rings. The van der Waals surface area contributed by atoms with Crippen LogP contribution in [0.1, 0.15) is 18.9 Å². The minimum atomic E-state index is 0.363. The van der Waals surface area contributed by atoms with Crippen LogP contribution < -0.4 is 4.74 Å². The number of alkyl halides is 1. The molecular formula is C13H13Cl2NO. The summed E-state index contributed by atoms with van der Waals surface area (Å²) in [5.74, 6) is 1.21. The standard InChI is InChI=1S/C13H13Cl2NO/c1-2-5-17-11-3-4-12-9(7-11)6-10(8-14)13(15)16-12/h3-4,6-7H,2,5,8H2,1H3. The fourth-order valence-electron chi connectivity index (χ4n) is 1.58. The van der Waals surface area contributed by atoms with Gasteiger partial charge in [0.25, 0.3) is 0 Å². The van der Waals surface area contributed by atoms with Crippen molar-refractivity contribution in [3.05, 3.63) is 35.0 Å². The van der Waals surface area contributed by atoms with Crippen molar-refractivity contribution in [3.63, 3.8) is 0 Å². The van der Waals surface area contributed by atoms with Gasteiger partial charge in [-0.2, -0.15) is 0 Å². The van der Waals surface area contributed by atoms with Gasteiger partial charge in [-0.25, -0.2) is 4.98 Å². The van der Waals surface area contributed by atoms with Crippen LogP contribution in [0.25, 0.3) is 10.9 Å². The van der Waals surface area contributed by atoms with Crippen molar-refractivity contribution in [3.8, 4) is 5.75 Å². The van der Waals surface area contributed by atoms with Gasteiger partial charge >= 0.3 is 0 Å². The molecule has 0 N–H and O–H groups in total. The van der Waals surface area contributed by atoms with Crippen LogP contribution in [0.5, 0.6) is 5.75 Å². The second-order valence-electron chi connectivity index (χ2n) is 3.77. The molecule has 17 heavy (non-hydrogen) atoms. The van der Waals surface area contributed by atoms with E-state index in [1.165, 1.54) is 0 Å². The quantitative estimate of drug-likeness (QED) is 0.606. The third-order valence-corrected chi connectivity index (χ3v) is 3.04. The SMILES string of the molecule is CCCOc1ccc2nc(Cl)c(CCl)cc2c1. The predicted octanol–water partition coefficient (Wildman–Crippen LogP) is 4.42. The Labute approximate surface area is 111 Å². The third kappa shape index (κ3) is 2.82. The molecule has 4 heteroatoms. The monoisotopic (exact) mass is 269 g/mol. The molecule has 0 fully saturated rings. The van der Waals surface area contributed by atoms with E-state index in [0.717, 1.165) is 35.2 Å². The average molecular weight is 270 g/mol. The van der Waals surface area contributed by atoms with Gasteiger partial charge in [0.2, 0.25) is 0 Å². The summed E-state index contributed by atoms with van der Waals surface area (Å²) in [5, 5.41) is 1.47. The normalized spacial score (nSPS) is 10.8. The number of benzene rings is 1.